The number of esters is 2. The lowest BCUT2D eigenvalue weighted by molar-refractivity contribution is -0.149. The molecule has 5 heteroatoms. The Hall–Kier alpha value is -0.840. The van der Waals surface area contributed by atoms with Crippen LogP contribution in [-0.4, -0.2) is 30.5 Å². The lowest BCUT2D eigenvalue weighted by atomic mass is 10.7. The van der Waals surface area contributed by atoms with E-state index >= 15 is 0 Å². The van der Waals surface area contributed by atoms with Crippen molar-refractivity contribution >= 4 is 27.9 Å². The van der Waals surface area contributed by atoms with Crippen molar-refractivity contribution in [2.24, 2.45) is 0 Å². The minimum atomic E-state index is -0.375. The number of rotatable bonds is 4. The molecule has 0 spiro atoms. The van der Waals surface area contributed by atoms with Crippen molar-refractivity contribution in [2.75, 3.05) is 18.5 Å². The molecule has 0 fully saturated rings. The predicted octanol–water partition coefficient (Wildman–Crippen LogP) is 1.29. The summed E-state index contributed by atoms with van der Waals surface area (Å²) in [5.74, 6) is -0.739. The molecule has 13 heavy (non-hydrogen) atoms. The van der Waals surface area contributed by atoms with Gasteiger partial charge >= 0.3 is 11.9 Å². The summed E-state index contributed by atoms with van der Waals surface area (Å²) in [4.78, 5) is 20.6. The lowest BCUT2D eigenvalue weighted by Crippen LogP contribution is -2.12. The maximum atomic E-state index is 10.4. The molecule has 0 rings (SSSR count). The topological polar surface area (TPSA) is 52.6 Å². The average Bonchev–Trinajstić information content (AvgIpc) is 2.15. The molecule has 0 bridgehead atoms. The Bertz CT molecular complexity index is 158. The monoisotopic (exact) mass is 252 g/mol. The van der Waals surface area contributed by atoms with Crippen LogP contribution in [0.3, 0.4) is 0 Å². The van der Waals surface area contributed by atoms with Crippen LogP contribution in [0, 0.1) is 0 Å². The highest BCUT2D eigenvalue weighted by molar-refractivity contribution is 9.09. The Labute approximate surface area is 86.0 Å². The summed E-state index contributed by atoms with van der Waals surface area (Å²) >= 11 is 2.91. The zero-order valence-corrected chi connectivity index (χ0v) is 9.13. The van der Waals surface area contributed by atoms with Crippen molar-refractivity contribution in [1.29, 1.82) is 0 Å². The summed E-state index contributed by atoms with van der Waals surface area (Å²) in [5.41, 5.74) is 0. The van der Waals surface area contributed by atoms with Crippen LogP contribution in [0.2, 0.25) is 0 Å². The Morgan fingerprint density at radius 3 is 2.08 bits per heavy atom. The van der Waals surface area contributed by atoms with E-state index in [0.717, 1.165) is 0 Å². The third-order valence-electron chi connectivity index (χ3n) is 0.761. The molecular formula is C8H13BrO4. The van der Waals surface area contributed by atoms with Gasteiger partial charge in [-0.2, -0.15) is 0 Å². The Morgan fingerprint density at radius 1 is 1.23 bits per heavy atom. The summed E-state index contributed by atoms with van der Waals surface area (Å²) in [6, 6.07) is 0. The van der Waals surface area contributed by atoms with Gasteiger partial charge in [-0.1, -0.05) is 15.9 Å². The number of carbonyl (C=O) groups excluding carboxylic acids is 2. The van der Waals surface area contributed by atoms with Crippen molar-refractivity contribution in [2.45, 2.75) is 6.92 Å². The van der Waals surface area contributed by atoms with Gasteiger partial charge in [0.25, 0.3) is 0 Å². The first kappa shape index (κ1) is 14.7. The highest BCUT2D eigenvalue weighted by atomic mass is 79.9. The number of ether oxygens (including phenoxy) is 2. The normalized spacial score (nSPS) is 7.85. The molecule has 0 N–H and O–H groups in total. The van der Waals surface area contributed by atoms with Gasteiger partial charge in [-0.3, -0.25) is 9.59 Å². The van der Waals surface area contributed by atoms with Gasteiger partial charge in [0.2, 0.25) is 0 Å². The Morgan fingerprint density at radius 2 is 1.69 bits per heavy atom. The van der Waals surface area contributed by atoms with E-state index in [9.17, 15) is 9.59 Å². The standard InChI is InChI=1S/C6H9BrO4.C2H4/c1-5(8)10-2-3-11-6(9)4-7;1-2/h2-4H2,1H3;1-2H2. The molecule has 0 saturated heterocycles. The number of halogens is 1. The van der Waals surface area contributed by atoms with Crippen LogP contribution >= 0.6 is 15.9 Å². The molecule has 0 heterocycles. The van der Waals surface area contributed by atoms with E-state index in [1.807, 2.05) is 0 Å². The largest absolute Gasteiger partial charge is 0.462 e. The third kappa shape index (κ3) is 14.1. The van der Waals surface area contributed by atoms with Crippen LogP contribution < -0.4 is 0 Å². The van der Waals surface area contributed by atoms with Crippen LogP contribution in [-0.2, 0) is 19.1 Å². The quantitative estimate of drug-likeness (QED) is 0.328. The van der Waals surface area contributed by atoms with Crippen LogP contribution in [0.5, 0.6) is 0 Å². The number of hydrogen-bond donors (Lipinski definition) is 0. The van der Waals surface area contributed by atoms with Gasteiger partial charge in [-0.25, -0.2) is 0 Å². The van der Waals surface area contributed by atoms with Gasteiger partial charge in [0.1, 0.15) is 18.5 Å². The van der Waals surface area contributed by atoms with E-state index in [1.54, 1.807) is 0 Å². The lowest BCUT2D eigenvalue weighted by Gasteiger charge is -2.01. The highest BCUT2D eigenvalue weighted by Gasteiger charge is 1.98. The second-order valence-corrected chi connectivity index (χ2v) is 2.25. The van der Waals surface area contributed by atoms with Crippen LogP contribution in [0.1, 0.15) is 6.92 Å². The van der Waals surface area contributed by atoms with Crippen LogP contribution in [0.4, 0.5) is 0 Å². The molecule has 0 aliphatic carbocycles. The van der Waals surface area contributed by atoms with Gasteiger partial charge < -0.3 is 9.47 Å². The Kier molecular flexibility index (Phi) is 12.6. The zero-order valence-electron chi connectivity index (χ0n) is 7.55. The van der Waals surface area contributed by atoms with Gasteiger partial charge in [0.05, 0.1) is 0 Å². The molecule has 0 amide bonds. The summed E-state index contributed by atoms with van der Waals surface area (Å²) in [6.45, 7) is 7.53. The SMILES string of the molecule is C=C.CC(=O)OCCOC(=O)CBr. The van der Waals surface area contributed by atoms with Crippen molar-refractivity contribution in [1.82, 2.24) is 0 Å². The number of alkyl halides is 1. The van der Waals surface area contributed by atoms with Gasteiger partial charge in [0.15, 0.2) is 0 Å². The van der Waals surface area contributed by atoms with Crippen LogP contribution in [0.15, 0.2) is 13.2 Å². The smallest absolute Gasteiger partial charge is 0.316 e. The molecule has 0 aliphatic heterocycles. The molecule has 0 unspecified atom stereocenters. The maximum absolute atomic E-state index is 10.4. The fourth-order valence-electron chi connectivity index (χ4n) is 0.379. The molecule has 0 aliphatic rings. The van der Waals surface area contributed by atoms with Crippen molar-refractivity contribution < 1.29 is 19.1 Å². The predicted molar refractivity (Wildman–Crippen MR) is 52.6 cm³/mol. The molecule has 0 saturated carbocycles. The first-order valence-corrected chi connectivity index (χ1v) is 4.64. The maximum Gasteiger partial charge on any atom is 0.316 e. The van der Waals surface area contributed by atoms with Crippen molar-refractivity contribution in [3.63, 3.8) is 0 Å². The van der Waals surface area contributed by atoms with Gasteiger partial charge in [-0.15, -0.1) is 13.2 Å². The average molecular weight is 253 g/mol. The molecule has 0 aromatic heterocycles. The van der Waals surface area contributed by atoms with E-state index in [-0.39, 0.29) is 30.5 Å². The molecule has 76 valence electrons. The van der Waals surface area contributed by atoms with Crippen LogP contribution in [0.25, 0.3) is 0 Å². The molecule has 0 aromatic carbocycles. The Balaban J connectivity index is 0. The van der Waals surface area contributed by atoms with E-state index in [2.05, 4.69) is 38.6 Å². The van der Waals surface area contributed by atoms with Crippen molar-refractivity contribution in [3.8, 4) is 0 Å². The summed E-state index contributed by atoms with van der Waals surface area (Å²) in [6.07, 6.45) is 0. The fraction of sp³-hybridized carbons (Fsp3) is 0.500. The molecule has 0 aromatic rings. The molecule has 0 atom stereocenters. The van der Waals surface area contributed by atoms with Crippen molar-refractivity contribution in [3.05, 3.63) is 13.2 Å². The third-order valence-corrected chi connectivity index (χ3v) is 1.22. The second kappa shape index (κ2) is 11.2. The highest BCUT2D eigenvalue weighted by Crippen LogP contribution is 1.85. The molecule has 0 radical (unpaired) electrons. The first-order chi connectivity index (χ1) is 6.16. The molecule has 4 nitrogen and oxygen atoms in total. The minimum absolute atomic E-state index is 0.115. The summed E-state index contributed by atoms with van der Waals surface area (Å²) < 4.78 is 9.08. The van der Waals surface area contributed by atoms with E-state index in [1.165, 1.54) is 6.92 Å². The zero-order chi connectivity index (χ0) is 10.7. The van der Waals surface area contributed by atoms with Gasteiger partial charge in [0, 0.05) is 6.92 Å². The second-order valence-electron chi connectivity index (χ2n) is 1.69. The number of hydrogen-bond acceptors (Lipinski definition) is 4. The summed E-state index contributed by atoms with van der Waals surface area (Å²) in [7, 11) is 0. The van der Waals surface area contributed by atoms with E-state index in [4.69, 9.17) is 0 Å². The first-order valence-electron chi connectivity index (χ1n) is 3.51. The fourth-order valence-corrected chi connectivity index (χ4v) is 0.541. The van der Waals surface area contributed by atoms with E-state index in [0.29, 0.717) is 0 Å². The van der Waals surface area contributed by atoms with Gasteiger partial charge in [-0.05, 0) is 0 Å². The molecular weight excluding hydrogens is 240 g/mol. The number of carbonyl (C=O) groups is 2. The summed E-state index contributed by atoms with van der Waals surface area (Å²) in [5, 5.41) is 0.160. The minimum Gasteiger partial charge on any atom is -0.462 e. The van der Waals surface area contributed by atoms with E-state index < -0.39 is 0 Å².